The first-order valence-corrected chi connectivity index (χ1v) is 8.74. The molecular formula is C20H20FN3O2. The summed E-state index contributed by atoms with van der Waals surface area (Å²) in [7, 11) is 0. The fourth-order valence-electron chi connectivity index (χ4n) is 3.27. The zero-order chi connectivity index (χ0) is 17.9. The molecule has 4 rings (SSSR count). The molecule has 1 fully saturated rings. The summed E-state index contributed by atoms with van der Waals surface area (Å²) >= 11 is 0. The minimum atomic E-state index is -0.298. The summed E-state index contributed by atoms with van der Waals surface area (Å²) in [6.07, 6.45) is 2.08. The molecular weight excluding hydrogens is 333 g/mol. The Balaban J connectivity index is 1.60. The van der Waals surface area contributed by atoms with Crippen LogP contribution < -0.4 is 10.6 Å². The van der Waals surface area contributed by atoms with Crippen molar-refractivity contribution in [2.45, 2.75) is 18.9 Å². The molecule has 5 nitrogen and oxygen atoms in total. The number of anilines is 1. The Hall–Kier alpha value is -2.86. The van der Waals surface area contributed by atoms with E-state index in [-0.39, 0.29) is 18.0 Å². The fourth-order valence-corrected chi connectivity index (χ4v) is 3.27. The van der Waals surface area contributed by atoms with Crippen LogP contribution in [0.4, 0.5) is 14.9 Å². The molecule has 1 aliphatic rings. The van der Waals surface area contributed by atoms with Gasteiger partial charge in [0.2, 0.25) is 0 Å². The number of nitrogens with one attached hydrogen (secondary N) is 3. The highest BCUT2D eigenvalue weighted by molar-refractivity contribution is 6.07. The van der Waals surface area contributed by atoms with E-state index in [1.165, 1.54) is 12.1 Å². The molecule has 1 saturated heterocycles. The summed E-state index contributed by atoms with van der Waals surface area (Å²) in [4.78, 5) is 15.7. The fraction of sp³-hybridized carbons (Fsp3) is 0.250. The number of hydrogen-bond acceptors (Lipinski definition) is 2. The van der Waals surface area contributed by atoms with E-state index in [4.69, 9.17) is 4.74 Å². The zero-order valence-corrected chi connectivity index (χ0v) is 14.2. The number of halogens is 1. The van der Waals surface area contributed by atoms with E-state index in [0.717, 1.165) is 41.6 Å². The maximum absolute atomic E-state index is 13.3. The Labute approximate surface area is 150 Å². The number of benzene rings is 2. The molecule has 0 aliphatic carbocycles. The second-order valence-electron chi connectivity index (χ2n) is 6.40. The molecule has 0 spiro atoms. The third kappa shape index (κ3) is 3.41. The van der Waals surface area contributed by atoms with Gasteiger partial charge in [-0.15, -0.1) is 0 Å². The highest BCUT2D eigenvalue weighted by atomic mass is 19.1. The number of rotatable bonds is 4. The number of fused-ring (bicyclic) bond motifs is 1. The molecule has 0 radical (unpaired) electrons. The van der Waals surface area contributed by atoms with Crippen LogP contribution in [0.15, 0.2) is 48.5 Å². The highest BCUT2D eigenvalue weighted by Crippen LogP contribution is 2.35. The number of carbonyl (C=O) groups excluding carboxylic acids is 1. The van der Waals surface area contributed by atoms with Gasteiger partial charge in [-0.1, -0.05) is 18.2 Å². The van der Waals surface area contributed by atoms with Gasteiger partial charge in [-0.2, -0.15) is 0 Å². The number of urea groups is 1. The van der Waals surface area contributed by atoms with Crippen LogP contribution in [0, 0.1) is 5.82 Å². The number of amides is 2. The van der Waals surface area contributed by atoms with Crippen molar-refractivity contribution in [3.8, 4) is 11.3 Å². The highest BCUT2D eigenvalue weighted by Gasteiger charge is 2.18. The van der Waals surface area contributed by atoms with Gasteiger partial charge in [0.1, 0.15) is 5.82 Å². The molecule has 3 aromatic rings. The first-order valence-electron chi connectivity index (χ1n) is 8.74. The van der Waals surface area contributed by atoms with E-state index in [2.05, 4.69) is 15.6 Å². The van der Waals surface area contributed by atoms with Gasteiger partial charge in [-0.3, -0.25) is 0 Å². The van der Waals surface area contributed by atoms with E-state index in [0.29, 0.717) is 12.2 Å². The number of carbonyl (C=O) groups is 1. The number of hydrogen-bond donors (Lipinski definition) is 3. The van der Waals surface area contributed by atoms with Gasteiger partial charge >= 0.3 is 6.03 Å². The molecule has 2 aromatic carbocycles. The summed E-state index contributed by atoms with van der Waals surface area (Å²) in [6.45, 7) is 1.24. The van der Waals surface area contributed by atoms with Crippen molar-refractivity contribution >= 4 is 22.6 Å². The second-order valence-corrected chi connectivity index (χ2v) is 6.40. The van der Waals surface area contributed by atoms with Crippen LogP contribution >= 0.6 is 0 Å². The molecule has 0 unspecified atom stereocenters. The summed E-state index contributed by atoms with van der Waals surface area (Å²) < 4.78 is 18.8. The Morgan fingerprint density at radius 3 is 2.77 bits per heavy atom. The minimum Gasteiger partial charge on any atom is -0.376 e. The topological polar surface area (TPSA) is 66.2 Å². The average Bonchev–Trinajstić information content (AvgIpc) is 3.29. The van der Waals surface area contributed by atoms with Gasteiger partial charge in [-0.25, -0.2) is 9.18 Å². The number of para-hydroxylation sites is 1. The lowest BCUT2D eigenvalue weighted by atomic mass is 10.1. The first kappa shape index (κ1) is 16.6. The van der Waals surface area contributed by atoms with Crippen LogP contribution in [0.25, 0.3) is 22.2 Å². The molecule has 26 heavy (non-hydrogen) atoms. The van der Waals surface area contributed by atoms with Gasteiger partial charge in [-0.05, 0) is 43.2 Å². The predicted octanol–water partition coefficient (Wildman–Crippen LogP) is 4.27. The van der Waals surface area contributed by atoms with Gasteiger partial charge in [0.25, 0.3) is 0 Å². The molecule has 3 N–H and O–H groups in total. The van der Waals surface area contributed by atoms with E-state index in [1.807, 2.05) is 24.3 Å². The predicted molar refractivity (Wildman–Crippen MR) is 99.7 cm³/mol. The molecule has 1 aromatic heterocycles. The van der Waals surface area contributed by atoms with E-state index >= 15 is 0 Å². The van der Waals surface area contributed by atoms with Crippen molar-refractivity contribution in [3.05, 3.63) is 54.3 Å². The first-order chi connectivity index (χ1) is 12.7. The lowest BCUT2D eigenvalue weighted by Crippen LogP contribution is -2.35. The number of aromatic amines is 1. The Morgan fingerprint density at radius 2 is 2.00 bits per heavy atom. The maximum atomic E-state index is 13.3. The van der Waals surface area contributed by atoms with E-state index < -0.39 is 0 Å². The van der Waals surface area contributed by atoms with Gasteiger partial charge in [0.15, 0.2) is 0 Å². The zero-order valence-electron chi connectivity index (χ0n) is 14.2. The third-order valence-electron chi connectivity index (χ3n) is 4.59. The second kappa shape index (κ2) is 7.17. The van der Waals surface area contributed by atoms with Crippen molar-refractivity contribution in [3.63, 3.8) is 0 Å². The largest absolute Gasteiger partial charge is 0.376 e. The summed E-state index contributed by atoms with van der Waals surface area (Å²) in [6, 6.07) is 13.6. The van der Waals surface area contributed by atoms with Crippen LogP contribution in [0.5, 0.6) is 0 Å². The molecule has 6 heteroatoms. The molecule has 0 saturated carbocycles. The standard InChI is InChI=1S/C20H20FN3O2/c21-14-9-7-13(8-10-14)18-19(16-5-1-2-6-17(16)23-18)24-20(25)22-12-15-4-3-11-26-15/h1-2,5-10,15,23H,3-4,11-12H2,(H2,22,24,25)/t15-/m1/s1. The Morgan fingerprint density at radius 1 is 1.19 bits per heavy atom. The smallest absolute Gasteiger partial charge is 0.319 e. The Kier molecular flexibility index (Phi) is 4.58. The van der Waals surface area contributed by atoms with E-state index in [9.17, 15) is 9.18 Å². The lowest BCUT2D eigenvalue weighted by Gasteiger charge is -2.12. The van der Waals surface area contributed by atoms with E-state index in [1.54, 1.807) is 12.1 Å². The molecule has 1 atom stereocenters. The molecule has 1 aliphatic heterocycles. The van der Waals surface area contributed by atoms with Gasteiger partial charge < -0.3 is 20.4 Å². The van der Waals surface area contributed by atoms with Crippen LogP contribution in [0.2, 0.25) is 0 Å². The number of ether oxygens (including phenoxy) is 1. The minimum absolute atomic E-state index is 0.0836. The number of H-pyrrole nitrogens is 1. The summed E-state index contributed by atoms with van der Waals surface area (Å²) in [5.41, 5.74) is 3.13. The quantitative estimate of drug-likeness (QED) is 0.656. The summed E-state index contributed by atoms with van der Waals surface area (Å²) in [5, 5.41) is 6.71. The summed E-state index contributed by atoms with van der Waals surface area (Å²) in [5.74, 6) is -0.298. The normalized spacial score (nSPS) is 16.7. The SMILES string of the molecule is O=C(NC[C@H]1CCCO1)Nc1c(-c2ccc(F)cc2)[nH]c2ccccc12. The third-order valence-corrected chi connectivity index (χ3v) is 4.59. The van der Waals surface area contributed by atoms with Crippen molar-refractivity contribution in [2.75, 3.05) is 18.5 Å². The average molecular weight is 353 g/mol. The number of aromatic nitrogens is 1. The van der Waals surface area contributed by atoms with Crippen molar-refractivity contribution in [2.24, 2.45) is 0 Å². The van der Waals surface area contributed by atoms with Crippen molar-refractivity contribution < 1.29 is 13.9 Å². The molecule has 2 amide bonds. The van der Waals surface area contributed by atoms with Crippen LogP contribution in [0.1, 0.15) is 12.8 Å². The van der Waals surface area contributed by atoms with Crippen LogP contribution in [0.3, 0.4) is 0 Å². The van der Waals surface area contributed by atoms with Crippen molar-refractivity contribution in [1.29, 1.82) is 0 Å². The molecule has 0 bridgehead atoms. The van der Waals surface area contributed by atoms with Crippen molar-refractivity contribution in [1.82, 2.24) is 10.3 Å². The van der Waals surface area contributed by atoms with Crippen LogP contribution in [-0.4, -0.2) is 30.3 Å². The molecule has 2 heterocycles. The lowest BCUT2D eigenvalue weighted by molar-refractivity contribution is 0.112. The maximum Gasteiger partial charge on any atom is 0.319 e. The molecule has 134 valence electrons. The Bertz CT molecular complexity index is 914. The van der Waals surface area contributed by atoms with Gasteiger partial charge in [0, 0.05) is 29.6 Å². The van der Waals surface area contributed by atoms with Crippen LogP contribution in [-0.2, 0) is 4.74 Å². The van der Waals surface area contributed by atoms with Gasteiger partial charge in [0.05, 0.1) is 17.5 Å². The monoisotopic (exact) mass is 353 g/mol.